The number of nitrogens with zero attached hydrogens (tertiary/aromatic N) is 3. The molecule has 8 nitrogen and oxygen atoms in total. The maximum Gasteiger partial charge on any atom is 0.255 e. The second-order valence-corrected chi connectivity index (χ2v) is 9.36. The number of carbonyl (C=O) groups excluding carboxylic acids is 1. The molecule has 34 heavy (non-hydrogen) atoms. The molecule has 1 N–H and O–H groups in total. The van der Waals surface area contributed by atoms with Gasteiger partial charge in [-0.25, -0.2) is 8.42 Å². The third-order valence-electron chi connectivity index (χ3n) is 5.27. The molecule has 0 aliphatic heterocycles. The second kappa shape index (κ2) is 9.98. The van der Waals surface area contributed by atoms with E-state index in [2.05, 4.69) is 15.5 Å². The molecule has 0 unspecified atom stereocenters. The van der Waals surface area contributed by atoms with Gasteiger partial charge in [-0.3, -0.25) is 4.79 Å². The minimum atomic E-state index is -3.62. The van der Waals surface area contributed by atoms with Gasteiger partial charge in [0, 0.05) is 35.5 Å². The van der Waals surface area contributed by atoms with Gasteiger partial charge in [0.05, 0.1) is 4.90 Å². The van der Waals surface area contributed by atoms with Gasteiger partial charge in [-0.2, -0.15) is 4.31 Å². The van der Waals surface area contributed by atoms with Crippen LogP contribution in [0.4, 0.5) is 5.69 Å². The Balaban J connectivity index is 1.48. The topological polar surface area (TPSA) is 105 Å². The van der Waals surface area contributed by atoms with Crippen LogP contribution in [0.5, 0.6) is 0 Å². The molecule has 0 bridgehead atoms. The largest absolute Gasteiger partial charge is 0.416 e. The highest BCUT2D eigenvalue weighted by Gasteiger charge is 2.22. The Morgan fingerprint density at radius 3 is 2.09 bits per heavy atom. The standard InChI is InChI=1S/C25H24N4O4S/c1-3-29(4-2)34(31,32)22-12-8-11-21(17-22)26-23(30)18-13-15-20(16-14-18)25-28-27-24(33-25)19-9-6-5-7-10-19/h5-17H,3-4H2,1-2H3,(H,26,30). The molecule has 0 radical (unpaired) electrons. The highest BCUT2D eigenvalue weighted by atomic mass is 32.2. The summed E-state index contributed by atoms with van der Waals surface area (Å²) in [4.78, 5) is 12.9. The van der Waals surface area contributed by atoms with Gasteiger partial charge in [0.25, 0.3) is 5.91 Å². The van der Waals surface area contributed by atoms with Crippen LogP contribution >= 0.6 is 0 Å². The summed E-state index contributed by atoms with van der Waals surface area (Å²) >= 11 is 0. The van der Waals surface area contributed by atoms with Crippen molar-refractivity contribution in [2.75, 3.05) is 18.4 Å². The van der Waals surface area contributed by atoms with Crippen molar-refractivity contribution in [3.63, 3.8) is 0 Å². The van der Waals surface area contributed by atoms with Crippen molar-refractivity contribution in [1.29, 1.82) is 0 Å². The first-order chi connectivity index (χ1) is 16.4. The van der Waals surface area contributed by atoms with Crippen LogP contribution in [0.2, 0.25) is 0 Å². The Morgan fingerprint density at radius 2 is 1.47 bits per heavy atom. The van der Waals surface area contributed by atoms with Crippen LogP contribution in [0.25, 0.3) is 22.9 Å². The molecular formula is C25H24N4O4S. The first-order valence-electron chi connectivity index (χ1n) is 10.8. The zero-order valence-electron chi connectivity index (χ0n) is 18.8. The number of hydrogen-bond acceptors (Lipinski definition) is 6. The first-order valence-corrected chi connectivity index (χ1v) is 12.3. The van der Waals surface area contributed by atoms with E-state index in [-0.39, 0.29) is 10.8 Å². The highest BCUT2D eigenvalue weighted by Crippen LogP contribution is 2.24. The molecule has 0 aliphatic carbocycles. The molecule has 0 fully saturated rings. The molecule has 1 heterocycles. The quantitative estimate of drug-likeness (QED) is 0.396. The van der Waals surface area contributed by atoms with Crippen LogP contribution in [-0.4, -0.2) is 41.9 Å². The minimum absolute atomic E-state index is 0.134. The molecule has 9 heteroatoms. The van der Waals surface area contributed by atoms with Crippen molar-refractivity contribution < 1.29 is 17.6 Å². The summed E-state index contributed by atoms with van der Waals surface area (Å²) in [6.07, 6.45) is 0. The Bertz CT molecular complexity index is 1380. The molecule has 174 valence electrons. The number of rotatable bonds is 8. The van der Waals surface area contributed by atoms with E-state index < -0.39 is 10.0 Å². The third kappa shape index (κ3) is 4.90. The fourth-order valence-electron chi connectivity index (χ4n) is 3.45. The van der Waals surface area contributed by atoms with Gasteiger partial charge < -0.3 is 9.73 Å². The number of hydrogen-bond donors (Lipinski definition) is 1. The van der Waals surface area contributed by atoms with Crippen LogP contribution in [-0.2, 0) is 10.0 Å². The number of sulfonamides is 1. The Morgan fingerprint density at radius 1 is 0.853 bits per heavy atom. The summed E-state index contributed by atoms with van der Waals surface area (Å²) in [5, 5.41) is 10.9. The van der Waals surface area contributed by atoms with Crippen molar-refractivity contribution in [1.82, 2.24) is 14.5 Å². The molecule has 0 saturated heterocycles. The lowest BCUT2D eigenvalue weighted by Gasteiger charge is -2.18. The third-order valence-corrected chi connectivity index (χ3v) is 7.32. The molecular weight excluding hydrogens is 452 g/mol. The van der Waals surface area contributed by atoms with Crippen LogP contribution < -0.4 is 5.32 Å². The summed E-state index contributed by atoms with van der Waals surface area (Å²) in [6.45, 7) is 4.31. The Labute approximate surface area is 198 Å². The van der Waals surface area contributed by atoms with E-state index in [1.54, 1.807) is 50.2 Å². The zero-order valence-corrected chi connectivity index (χ0v) is 19.6. The monoisotopic (exact) mass is 476 g/mol. The van der Waals surface area contributed by atoms with E-state index >= 15 is 0 Å². The van der Waals surface area contributed by atoms with Gasteiger partial charge in [0.1, 0.15) is 0 Å². The summed E-state index contributed by atoms with van der Waals surface area (Å²) in [5.41, 5.74) is 2.30. The summed E-state index contributed by atoms with van der Waals surface area (Å²) < 4.78 is 32.6. The molecule has 1 amide bonds. The fraction of sp³-hybridized carbons (Fsp3) is 0.160. The van der Waals surface area contributed by atoms with Crippen molar-refractivity contribution in [3.8, 4) is 22.9 Å². The first kappa shape index (κ1) is 23.3. The molecule has 0 aliphatic rings. The van der Waals surface area contributed by atoms with Crippen LogP contribution in [0.1, 0.15) is 24.2 Å². The van der Waals surface area contributed by atoms with Crippen LogP contribution in [0, 0.1) is 0 Å². The van der Waals surface area contributed by atoms with Gasteiger partial charge in [-0.15, -0.1) is 10.2 Å². The number of nitrogens with one attached hydrogen (secondary N) is 1. The van der Waals surface area contributed by atoms with Gasteiger partial charge >= 0.3 is 0 Å². The molecule has 4 aromatic rings. The normalized spacial score (nSPS) is 11.5. The van der Waals surface area contributed by atoms with Gasteiger partial charge in [-0.05, 0) is 54.6 Å². The predicted molar refractivity (Wildman–Crippen MR) is 130 cm³/mol. The van der Waals surface area contributed by atoms with Crippen LogP contribution in [0.3, 0.4) is 0 Å². The van der Waals surface area contributed by atoms with Crippen LogP contribution in [0.15, 0.2) is 88.2 Å². The fourth-order valence-corrected chi connectivity index (χ4v) is 4.96. The number of carbonyl (C=O) groups is 1. The SMILES string of the molecule is CCN(CC)S(=O)(=O)c1cccc(NC(=O)c2ccc(-c3nnc(-c4ccccc4)o3)cc2)c1. The van der Waals surface area contributed by atoms with E-state index in [9.17, 15) is 13.2 Å². The smallest absolute Gasteiger partial charge is 0.255 e. The summed E-state index contributed by atoms with van der Waals surface area (Å²) in [6, 6.07) is 22.4. The van der Waals surface area contributed by atoms with E-state index in [1.807, 2.05) is 30.3 Å². The molecule has 0 atom stereocenters. The highest BCUT2D eigenvalue weighted by molar-refractivity contribution is 7.89. The lowest BCUT2D eigenvalue weighted by Crippen LogP contribution is -2.30. The van der Waals surface area contributed by atoms with Crippen molar-refractivity contribution in [2.45, 2.75) is 18.7 Å². The van der Waals surface area contributed by atoms with Crippen molar-refractivity contribution in [2.24, 2.45) is 0 Å². The van der Waals surface area contributed by atoms with E-state index in [0.717, 1.165) is 5.56 Å². The molecule has 1 aromatic heterocycles. The minimum Gasteiger partial charge on any atom is -0.416 e. The molecule has 3 aromatic carbocycles. The average molecular weight is 477 g/mol. The van der Waals surface area contributed by atoms with E-state index in [1.165, 1.54) is 16.4 Å². The van der Waals surface area contributed by atoms with E-state index in [0.29, 0.717) is 41.7 Å². The van der Waals surface area contributed by atoms with Gasteiger partial charge in [0.2, 0.25) is 21.8 Å². The average Bonchev–Trinajstić information content (AvgIpc) is 3.36. The van der Waals surface area contributed by atoms with Gasteiger partial charge in [-0.1, -0.05) is 38.1 Å². The predicted octanol–water partition coefficient (Wildman–Crippen LogP) is 4.69. The number of benzene rings is 3. The molecule has 0 saturated carbocycles. The number of aromatic nitrogens is 2. The molecule has 0 spiro atoms. The lowest BCUT2D eigenvalue weighted by molar-refractivity contribution is 0.102. The number of anilines is 1. The summed E-state index contributed by atoms with van der Waals surface area (Å²) in [7, 11) is -3.62. The summed E-state index contributed by atoms with van der Waals surface area (Å²) in [5.74, 6) is 0.400. The lowest BCUT2D eigenvalue weighted by atomic mass is 10.1. The number of amides is 1. The Kier molecular flexibility index (Phi) is 6.85. The van der Waals surface area contributed by atoms with Crippen molar-refractivity contribution in [3.05, 3.63) is 84.4 Å². The Hall–Kier alpha value is -3.82. The van der Waals surface area contributed by atoms with E-state index in [4.69, 9.17) is 4.42 Å². The second-order valence-electron chi connectivity index (χ2n) is 7.43. The maximum atomic E-state index is 12.8. The maximum absolute atomic E-state index is 12.8. The van der Waals surface area contributed by atoms with Gasteiger partial charge in [0.15, 0.2) is 0 Å². The molecule has 4 rings (SSSR count). The zero-order chi connectivity index (χ0) is 24.1. The van der Waals surface area contributed by atoms with Crippen molar-refractivity contribution >= 4 is 21.6 Å².